The third-order valence-corrected chi connectivity index (χ3v) is 3.72. The molecule has 2 aromatic heterocycles. The van der Waals surface area contributed by atoms with Crippen LogP contribution in [0.1, 0.15) is 30.7 Å². The summed E-state index contributed by atoms with van der Waals surface area (Å²) in [6, 6.07) is 8.36. The van der Waals surface area contributed by atoms with Crippen LogP contribution in [-0.2, 0) is 0 Å². The van der Waals surface area contributed by atoms with Gasteiger partial charge in [-0.1, -0.05) is 31.0 Å². The van der Waals surface area contributed by atoms with E-state index >= 15 is 0 Å². The molecule has 2 nitrogen and oxygen atoms in total. The Morgan fingerprint density at radius 3 is 2.88 bits per heavy atom. The van der Waals surface area contributed by atoms with E-state index in [-0.39, 0.29) is 0 Å². The van der Waals surface area contributed by atoms with Crippen LogP contribution in [0.3, 0.4) is 0 Å². The minimum atomic E-state index is 0.341. The second-order valence-corrected chi connectivity index (χ2v) is 5.28. The average molecular weight is 267 g/mol. The monoisotopic (exact) mass is 266 g/mol. The van der Waals surface area contributed by atoms with E-state index in [9.17, 15) is 0 Å². The summed E-state index contributed by atoms with van der Waals surface area (Å²) < 4.78 is 0. The van der Waals surface area contributed by atoms with Gasteiger partial charge in [-0.05, 0) is 30.0 Å². The summed E-state index contributed by atoms with van der Waals surface area (Å²) >= 11 is 7.60. The number of rotatable bonds is 5. The third kappa shape index (κ3) is 3.45. The quantitative estimate of drug-likeness (QED) is 0.845. The standard InChI is InChI=1S/C13H15ClN2S/c1-2-4-11(12-5-3-8-17-12)16-13-7-6-10(14)9-15-13/h3,5-9,11H,2,4H2,1H3,(H,15,16). The fraction of sp³-hybridized carbons (Fsp3) is 0.308. The summed E-state index contributed by atoms with van der Waals surface area (Å²) in [6.07, 6.45) is 3.91. The van der Waals surface area contributed by atoms with E-state index in [4.69, 9.17) is 11.6 Å². The summed E-state index contributed by atoms with van der Waals surface area (Å²) in [5.74, 6) is 0.876. The van der Waals surface area contributed by atoms with Crippen LogP contribution in [0.2, 0.25) is 5.02 Å². The Balaban J connectivity index is 2.10. The average Bonchev–Trinajstić information content (AvgIpc) is 2.85. The zero-order chi connectivity index (χ0) is 12.1. The molecule has 2 aromatic rings. The molecule has 0 saturated heterocycles. The Morgan fingerprint density at radius 2 is 2.29 bits per heavy atom. The molecule has 0 spiro atoms. The highest BCUT2D eigenvalue weighted by atomic mass is 35.5. The van der Waals surface area contributed by atoms with Crippen LogP contribution in [0.5, 0.6) is 0 Å². The first-order valence-electron chi connectivity index (χ1n) is 5.71. The molecular formula is C13H15ClN2S. The third-order valence-electron chi connectivity index (χ3n) is 2.51. The molecule has 0 radical (unpaired) electrons. The van der Waals surface area contributed by atoms with Crippen molar-refractivity contribution in [3.05, 3.63) is 45.7 Å². The largest absolute Gasteiger partial charge is 0.362 e. The lowest BCUT2D eigenvalue weighted by molar-refractivity contribution is 0.684. The Kier molecular flexibility index (Phi) is 4.40. The van der Waals surface area contributed by atoms with Crippen LogP contribution in [-0.4, -0.2) is 4.98 Å². The molecule has 0 aliphatic carbocycles. The van der Waals surface area contributed by atoms with Gasteiger partial charge in [0.2, 0.25) is 0 Å². The van der Waals surface area contributed by atoms with Crippen molar-refractivity contribution in [2.75, 3.05) is 5.32 Å². The highest BCUT2D eigenvalue weighted by Gasteiger charge is 2.11. The van der Waals surface area contributed by atoms with E-state index < -0.39 is 0 Å². The van der Waals surface area contributed by atoms with Gasteiger partial charge >= 0.3 is 0 Å². The number of aromatic nitrogens is 1. The molecule has 90 valence electrons. The van der Waals surface area contributed by atoms with Crippen molar-refractivity contribution in [3.63, 3.8) is 0 Å². The van der Waals surface area contributed by atoms with Crippen LogP contribution in [0.25, 0.3) is 0 Å². The molecular weight excluding hydrogens is 252 g/mol. The number of nitrogens with zero attached hydrogens (tertiary/aromatic N) is 1. The smallest absolute Gasteiger partial charge is 0.126 e. The topological polar surface area (TPSA) is 24.9 Å². The van der Waals surface area contributed by atoms with Crippen molar-refractivity contribution in [2.45, 2.75) is 25.8 Å². The summed E-state index contributed by atoms with van der Waals surface area (Å²) in [6.45, 7) is 2.19. The molecule has 0 fully saturated rings. The van der Waals surface area contributed by atoms with Gasteiger partial charge in [0.1, 0.15) is 5.82 Å². The van der Waals surface area contributed by atoms with Gasteiger partial charge in [0.15, 0.2) is 0 Å². The van der Waals surface area contributed by atoms with Crippen molar-refractivity contribution in [1.29, 1.82) is 0 Å². The Bertz CT molecular complexity index is 439. The Labute approximate surface area is 111 Å². The molecule has 0 amide bonds. The van der Waals surface area contributed by atoms with E-state index in [2.05, 4.69) is 34.7 Å². The minimum absolute atomic E-state index is 0.341. The summed E-state index contributed by atoms with van der Waals surface area (Å²) in [7, 11) is 0. The molecule has 1 N–H and O–H groups in total. The molecule has 0 bridgehead atoms. The van der Waals surface area contributed by atoms with Crippen molar-refractivity contribution in [2.24, 2.45) is 0 Å². The fourth-order valence-electron chi connectivity index (χ4n) is 1.70. The maximum atomic E-state index is 5.82. The highest BCUT2D eigenvalue weighted by Crippen LogP contribution is 2.26. The lowest BCUT2D eigenvalue weighted by Crippen LogP contribution is -2.09. The van der Waals surface area contributed by atoms with Crippen LogP contribution in [0, 0.1) is 0 Å². The zero-order valence-corrected chi connectivity index (χ0v) is 11.3. The Morgan fingerprint density at radius 1 is 1.41 bits per heavy atom. The molecule has 4 heteroatoms. The second-order valence-electron chi connectivity index (χ2n) is 3.86. The molecule has 2 heterocycles. The van der Waals surface area contributed by atoms with E-state index in [1.807, 2.05) is 12.1 Å². The first-order chi connectivity index (χ1) is 8.29. The predicted octanol–water partition coefficient (Wildman–Crippen LogP) is 4.75. The van der Waals surface area contributed by atoms with Crippen LogP contribution >= 0.6 is 22.9 Å². The lowest BCUT2D eigenvalue weighted by Gasteiger charge is -2.17. The molecule has 2 rings (SSSR count). The van der Waals surface area contributed by atoms with Crippen LogP contribution in [0.4, 0.5) is 5.82 Å². The Hall–Kier alpha value is -1.06. The number of nitrogens with one attached hydrogen (secondary N) is 1. The van der Waals surface area contributed by atoms with Gasteiger partial charge in [0.25, 0.3) is 0 Å². The number of hydrogen-bond donors (Lipinski definition) is 1. The maximum absolute atomic E-state index is 5.82. The summed E-state index contributed by atoms with van der Waals surface area (Å²) in [5, 5.41) is 6.22. The first kappa shape index (κ1) is 12.4. The van der Waals surface area contributed by atoms with Crippen molar-refractivity contribution in [3.8, 4) is 0 Å². The number of anilines is 1. The lowest BCUT2D eigenvalue weighted by atomic mass is 10.1. The second kappa shape index (κ2) is 6.03. The van der Waals surface area contributed by atoms with Gasteiger partial charge in [0, 0.05) is 11.1 Å². The van der Waals surface area contributed by atoms with Gasteiger partial charge < -0.3 is 5.32 Å². The number of hydrogen-bond acceptors (Lipinski definition) is 3. The van der Waals surface area contributed by atoms with Crippen LogP contribution < -0.4 is 5.32 Å². The van der Waals surface area contributed by atoms with Gasteiger partial charge in [-0.25, -0.2) is 4.98 Å². The van der Waals surface area contributed by atoms with Gasteiger partial charge in [0.05, 0.1) is 11.1 Å². The summed E-state index contributed by atoms with van der Waals surface area (Å²) in [4.78, 5) is 5.62. The van der Waals surface area contributed by atoms with Gasteiger partial charge in [-0.15, -0.1) is 11.3 Å². The van der Waals surface area contributed by atoms with Crippen molar-refractivity contribution < 1.29 is 0 Å². The van der Waals surface area contributed by atoms with Crippen molar-refractivity contribution >= 4 is 28.8 Å². The van der Waals surface area contributed by atoms with E-state index in [0.29, 0.717) is 11.1 Å². The molecule has 17 heavy (non-hydrogen) atoms. The van der Waals surface area contributed by atoms with Gasteiger partial charge in [-0.2, -0.15) is 0 Å². The normalized spacial score (nSPS) is 12.4. The molecule has 1 unspecified atom stereocenters. The molecule has 0 saturated carbocycles. The van der Waals surface area contributed by atoms with E-state index in [1.165, 1.54) is 4.88 Å². The maximum Gasteiger partial charge on any atom is 0.126 e. The molecule has 0 aliphatic heterocycles. The molecule has 1 atom stereocenters. The number of halogens is 1. The van der Waals surface area contributed by atoms with Gasteiger partial charge in [-0.3, -0.25) is 0 Å². The van der Waals surface area contributed by atoms with E-state index in [1.54, 1.807) is 17.5 Å². The predicted molar refractivity (Wildman–Crippen MR) is 74.8 cm³/mol. The molecule has 0 aromatic carbocycles. The van der Waals surface area contributed by atoms with Crippen LogP contribution in [0.15, 0.2) is 35.8 Å². The van der Waals surface area contributed by atoms with Crippen molar-refractivity contribution in [1.82, 2.24) is 4.98 Å². The summed E-state index contributed by atoms with van der Waals surface area (Å²) in [5.41, 5.74) is 0. The zero-order valence-electron chi connectivity index (χ0n) is 9.69. The minimum Gasteiger partial charge on any atom is -0.362 e. The SMILES string of the molecule is CCCC(Nc1ccc(Cl)cn1)c1cccs1. The number of pyridine rings is 1. The molecule has 0 aliphatic rings. The fourth-order valence-corrected chi connectivity index (χ4v) is 2.63. The first-order valence-corrected chi connectivity index (χ1v) is 6.97. The highest BCUT2D eigenvalue weighted by molar-refractivity contribution is 7.10. The van der Waals surface area contributed by atoms with E-state index in [0.717, 1.165) is 18.7 Å². The number of thiophene rings is 1.